The minimum absolute atomic E-state index is 0.00716. The van der Waals surface area contributed by atoms with Crippen LogP contribution in [-0.2, 0) is 33.5 Å². The van der Waals surface area contributed by atoms with E-state index in [4.69, 9.17) is 19.9 Å². The monoisotopic (exact) mass is 649 g/mol. The summed E-state index contributed by atoms with van der Waals surface area (Å²) in [6.07, 6.45) is 0. The first-order valence-corrected chi connectivity index (χ1v) is 14.8. The predicted octanol–water partition coefficient (Wildman–Crippen LogP) is 0.0810. The van der Waals surface area contributed by atoms with Gasteiger partial charge in [0.25, 0.3) is 5.91 Å². The molecule has 0 spiro atoms. The molecular formula is C26H27N5O11S2. The van der Waals surface area contributed by atoms with Gasteiger partial charge >= 0.3 is 23.9 Å². The predicted molar refractivity (Wildman–Crippen MR) is 152 cm³/mol. The maximum atomic E-state index is 13.5. The summed E-state index contributed by atoms with van der Waals surface area (Å²) in [6.45, 7) is 2.77. The summed E-state index contributed by atoms with van der Waals surface area (Å²) >= 11 is 2.12. The average Bonchev–Trinajstić information content (AvgIpc) is 3.38. The first-order chi connectivity index (χ1) is 20.7. The number of aliphatic carboxylic acids is 1. The highest BCUT2D eigenvalue weighted by molar-refractivity contribution is 8.00. The van der Waals surface area contributed by atoms with Gasteiger partial charge < -0.3 is 40.6 Å². The van der Waals surface area contributed by atoms with Crippen LogP contribution in [0.5, 0.6) is 11.5 Å². The van der Waals surface area contributed by atoms with Crippen LogP contribution in [0.2, 0.25) is 0 Å². The van der Waals surface area contributed by atoms with E-state index >= 15 is 0 Å². The SMILES string of the molecule is CC(=O)OCC1(C(=O)O)CS[C@@H]2C(NC(=O)C(NC(=O)c3ccc(OC(C)=O)c(OC(C)=O)c3)c3csc(N)n3)C(=O)N2C1. The van der Waals surface area contributed by atoms with Crippen LogP contribution in [0, 0.1) is 5.41 Å². The maximum absolute atomic E-state index is 13.5. The van der Waals surface area contributed by atoms with Crippen LogP contribution in [0.3, 0.4) is 0 Å². The van der Waals surface area contributed by atoms with Crippen molar-refractivity contribution in [2.75, 3.05) is 24.6 Å². The number of β-lactam (4-membered cyclic amide) rings is 1. The molecule has 3 amide bonds. The number of carbonyl (C=O) groups excluding carboxylic acids is 6. The fourth-order valence-electron chi connectivity index (χ4n) is 4.43. The molecule has 0 aliphatic carbocycles. The lowest BCUT2D eigenvalue weighted by Gasteiger charge is -2.53. The summed E-state index contributed by atoms with van der Waals surface area (Å²) in [5.74, 6) is -5.78. The summed E-state index contributed by atoms with van der Waals surface area (Å²) in [7, 11) is 0. The molecule has 2 aromatic rings. The van der Waals surface area contributed by atoms with E-state index < -0.39 is 71.1 Å². The molecule has 1 aromatic heterocycles. The number of fused-ring (bicyclic) bond motifs is 1. The fraction of sp³-hybridized carbons (Fsp3) is 0.385. The highest BCUT2D eigenvalue weighted by Gasteiger charge is 2.58. The quantitative estimate of drug-likeness (QED) is 0.152. The van der Waals surface area contributed by atoms with Gasteiger partial charge in [-0.3, -0.25) is 33.6 Å². The van der Waals surface area contributed by atoms with Gasteiger partial charge in [0.2, 0.25) is 11.8 Å². The van der Waals surface area contributed by atoms with Crippen molar-refractivity contribution in [1.29, 1.82) is 0 Å². The number of carboxylic acid groups (broad SMARTS) is 1. The third-order valence-corrected chi connectivity index (χ3v) is 8.81. The van der Waals surface area contributed by atoms with Crippen molar-refractivity contribution in [2.24, 2.45) is 5.41 Å². The Morgan fingerprint density at radius 1 is 1.11 bits per heavy atom. The molecular weight excluding hydrogens is 622 g/mol. The smallest absolute Gasteiger partial charge is 0.315 e. The number of nitrogens with one attached hydrogen (secondary N) is 2. The minimum atomic E-state index is -1.51. The molecule has 2 fully saturated rings. The van der Waals surface area contributed by atoms with Crippen molar-refractivity contribution in [3.8, 4) is 11.5 Å². The zero-order valence-electron chi connectivity index (χ0n) is 23.5. The van der Waals surface area contributed by atoms with Gasteiger partial charge in [0.05, 0.1) is 5.69 Å². The topological polar surface area (TPSA) is 234 Å². The van der Waals surface area contributed by atoms with Gasteiger partial charge in [-0.1, -0.05) is 0 Å². The number of hydrogen-bond donors (Lipinski definition) is 4. The van der Waals surface area contributed by atoms with Crippen LogP contribution in [0.4, 0.5) is 5.13 Å². The number of amides is 3. The molecule has 2 aliphatic heterocycles. The van der Waals surface area contributed by atoms with E-state index in [0.29, 0.717) is 0 Å². The number of benzene rings is 1. The zero-order valence-corrected chi connectivity index (χ0v) is 25.1. The molecule has 0 radical (unpaired) electrons. The number of hydrogen-bond acceptors (Lipinski definition) is 14. The number of ether oxygens (including phenoxy) is 3. The summed E-state index contributed by atoms with van der Waals surface area (Å²) in [5, 5.41) is 15.9. The number of thiazole rings is 1. The third kappa shape index (κ3) is 6.91. The van der Waals surface area contributed by atoms with Crippen LogP contribution in [0.1, 0.15) is 42.9 Å². The van der Waals surface area contributed by atoms with Gasteiger partial charge in [-0.25, -0.2) is 4.98 Å². The summed E-state index contributed by atoms with van der Waals surface area (Å²) < 4.78 is 15.0. The van der Waals surface area contributed by atoms with Crippen molar-refractivity contribution in [2.45, 2.75) is 38.2 Å². The standard InChI is InChI=1S/C26H27N5O11S2/c1-11(32)40-9-26(24(38)39)8-31-22(37)19(23(31)44-10-26)30-21(36)18(15-7-43-25(27)28-15)29-20(35)14-4-5-16(41-12(2)33)17(6-14)42-13(3)34/h4-7,18-19,23H,8-10H2,1-3H3,(H2,27,28)(H,29,35)(H,30,36)(H,38,39)/t18?,19?,23-,26?/m1/s1. The number of nitrogen functional groups attached to an aromatic ring is 1. The molecule has 2 aliphatic rings. The van der Waals surface area contributed by atoms with E-state index in [0.717, 1.165) is 49.9 Å². The lowest BCUT2D eigenvalue weighted by molar-refractivity contribution is -0.165. The molecule has 0 bridgehead atoms. The van der Waals surface area contributed by atoms with Crippen LogP contribution in [0.25, 0.3) is 0 Å². The molecule has 5 N–H and O–H groups in total. The number of carbonyl (C=O) groups is 7. The van der Waals surface area contributed by atoms with Crippen molar-refractivity contribution in [3.05, 3.63) is 34.8 Å². The number of nitrogens with two attached hydrogens (primary N) is 1. The van der Waals surface area contributed by atoms with E-state index in [-0.39, 0.29) is 40.2 Å². The normalized spacial score (nSPS) is 21.2. The number of thioether (sulfide) groups is 1. The number of nitrogens with zero attached hydrogens (tertiary/aromatic N) is 2. The van der Waals surface area contributed by atoms with E-state index in [1.807, 2.05) is 0 Å². The Bertz CT molecular complexity index is 1550. The van der Waals surface area contributed by atoms with Gasteiger partial charge in [0, 0.05) is 44.0 Å². The maximum Gasteiger partial charge on any atom is 0.315 e. The van der Waals surface area contributed by atoms with Crippen LogP contribution in [0.15, 0.2) is 23.6 Å². The summed E-state index contributed by atoms with van der Waals surface area (Å²) in [5.41, 5.74) is 4.26. The molecule has 16 nitrogen and oxygen atoms in total. The molecule has 18 heteroatoms. The number of carboxylic acids is 1. The molecule has 44 heavy (non-hydrogen) atoms. The van der Waals surface area contributed by atoms with Gasteiger partial charge in [-0.15, -0.1) is 23.1 Å². The highest BCUT2D eigenvalue weighted by atomic mass is 32.2. The van der Waals surface area contributed by atoms with Crippen LogP contribution >= 0.6 is 23.1 Å². The van der Waals surface area contributed by atoms with Gasteiger partial charge in [-0.2, -0.15) is 0 Å². The van der Waals surface area contributed by atoms with Crippen molar-refractivity contribution in [1.82, 2.24) is 20.5 Å². The Hall–Kier alpha value is -4.71. The van der Waals surface area contributed by atoms with Crippen LogP contribution < -0.4 is 25.8 Å². The van der Waals surface area contributed by atoms with E-state index in [1.54, 1.807) is 0 Å². The van der Waals surface area contributed by atoms with Crippen molar-refractivity contribution < 1.29 is 52.9 Å². The van der Waals surface area contributed by atoms with E-state index in [2.05, 4.69) is 15.6 Å². The lowest BCUT2D eigenvalue weighted by Crippen LogP contribution is -2.74. The molecule has 1 aromatic carbocycles. The Labute approximate surface area is 257 Å². The molecule has 3 heterocycles. The summed E-state index contributed by atoms with van der Waals surface area (Å²) in [4.78, 5) is 91.4. The second-order valence-electron chi connectivity index (χ2n) is 9.89. The van der Waals surface area contributed by atoms with Gasteiger partial charge in [-0.05, 0) is 18.2 Å². The third-order valence-electron chi connectivity index (χ3n) is 6.53. The van der Waals surface area contributed by atoms with Gasteiger partial charge in [0.15, 0.2) is 22.7 Å². The lowest BCUT2D eigenvalue weighted by atomic mass is 9.88. The van der Waals surface area contributed by atoms with Gasteiger partial charge in [0.1, 0.15) is 23.4 Å². The fourth-order valence-corrected chi connectivity index (χ4v) is 6.54. The molecule has 0 saturated carbocycles. The van der Waals surface area contributed by atoms with E-state index in [9.17, 15) is 38.7 Å². The largest absolute Gasteiger partial charge is 0.481 e. The first kappa shape index (κ1) is 32.2. The first-order valence-electron chi connectivity index (χ1n) is 12.8. The molecule has 234 valence electrons. The Morgan fingerprint density at radius 3 is 2.39 bits per heavy atom. The molecule has 4 rings (SSSR count). The van der Waals surface area contributed by atoms with Crippen molar-refractivity contribution >= 4 is 69.8 Å². The van der Waals surface area contributed by atoms with Crippen molar-refractivity contribution in [3.63, 3.8) is 0 Å². The number of esters is 3. The minimum Gasteiger partial charge on any atom is -0.481 e. The summed E-state index contributed by atoms with van der Waals surface area (Å²) in [6, 6.07) is 1.21. The number of anilines is 1. The molecule has 2 saturated heterocycles. The molecule has 3 unspecified atom stereocenters. The second kappa shape index (κ2) is 12.9. The average molecular weight is 650 g/mol. The number of rotatable bonds is 10. The Kier molecular flexibility index (Phi) is 9.43. The Morgan fingerprint density at radius 2 is 1.80 bits per heavy atom. The van der Waals surface area contributed by atoms with E-state index in [1.165, 1.54) is 22.4 Å². The van der Waals surface area contributed by atoms with Crippen LogP contribution in [-0.4, -0.2) is 86.9 Å². The zero-order chi connectivity index (χ0) is 32.3. The number of aromatic nitrogens is 1. The molecule has 4 atom stereocenters. The highest BCUT2D eigenvalue weighted by Crippen LogP contribution is 2.42. The second-order valence-corrected chi connectivity index (χ2v) is 11.9. The Balaban J connectivity index is 1.51.